The number of nitrogens with zero attached hydrogens (tertiary/aromatic N) is 3. The quantitative estimate of drug-likeness (QED) is 0.456. The number of carbonyl (C=O) groups is 1. The third-order valence-corrected chi connectivity index (χ3v) is 6.64. The number of benzene rings is 2. The van der Waals surface area contributed by atoms with E-state index >= 15 is 0 Å². The molecule has 1 N–H and O–H groups in total. The fourth-order valence-corrected chi connectivity index (χ4v) is 4.88. The number of ether oxygens (including phenoxy) is 1. The van der Waals surface area contributed by atoms with E-state index in [9.17, 15) is 14.9 Å². The van der Waals surface area contributed by atoms with E-state index in [0.717, 1.165) is 18.4 Å². The van der Waals surface area contributed by atoms with Gasteiger partial charge in [0, 0.05) is 0 Å². The van der Waals surface area contributed by atoms with E-state index in [1.54, 1.807) is 25.3 Å². The molecule has 0 spiro atoms. The van der Waals surface area contributed by atoms with E-state index in [2.05, 4.69) is 16.4 Å². The number of amides is 1. The monoisotopic (exact) mass is 448 g/mol. The highest BCUT2D eigenvalue weighted by Gasteiger charge is 2.35. The fraction of sp³-hybridized carbons (Fsp3) is 0.333. The molecule has 3 aromatic rings. The second-order valence-corrected chi connectivity index (χ2v) is 8.91. The summed E-state index contributed by atoms with van der Waals surface area (Å²) in [6, 6.07) is 15.0. The number of nitriles is 1. The van der Waals surface area contributed by atoms with E-state index in [0.29, 0.717) is 40.3 Å². The largest absolute Gasteiger partial charge is 0.495 e. The SMILES string of the molecule is COc1ccc(C)cc1-n1c(SCC(=O)NC2(C#N)CCCC2)nc2ccccc2c1=O. The van der Waals surface area contributed by atoms with Crippen molar-refractivity contribution in [1.29, 1.82) is 5.26 Å². The molecular formula is C24H24N4O3S. The molecule has 8 heteroatoms. The van der Waals surface area contributed by atoms with Crippen molar-refractivity contribution < 1.29 is 9.53 Å². The Morgan fingerprint density at radius 1 is 1.28 bits per heavy atom. The Labute approximate surface area is 190 Å². The molecule has 1 saturated carbocycles. The second kappa shape index (κ2) is 9.05. The van der Waals surface area contributed by atoms with Crippen LogP contribution in [0.3, 0.4) is 0 Å². The van der Waals surface area contributed by atoms with Crippen molar-refractivity contribution in [2.75, 3.05) is 12.9 Å². The van der Waals surface area contributed by atoms with Crippen molar-refractivity contribution >= 4 is 28.6 Å². The van der Waals surface area contributed by atoms with E-state index in [1.165, 1.54) is 16.3 Å². The zero-order valence-electron chi connectivity index (χ0n) is 18.1. The van der Waals surface area contributed by atoms with Gasteiger partial charge >= 0.3 is 0 Å². The third-order valence-electron chi connectivity index (χ3n) is 5.70. The molecule has 1 amide bonds. The van der Waals surface area contributed by atoms with Gasteiger partial charge in [0.1, 0.15) is 11.3 Å². The minimum absolute atomic E-state index is 0.0440. The van der Waals surface area contributed by atoms with Crippen LogP contribution in [-0.2, 0) is 4.79 Å². The Balaban J connectivity index is 1.73. The first-order valence-corrected chi connectivity index (χ1v) is 11.5. The number of aromatic nitrogens is 2. The van der Waals surface area contributed by atoms with Crippen LogP contribution in [0.15, 0.2) is 52.4 Å². The van der Waals surface area contributed by atoms with Crippen molar-refractivity contribution in [2.24, 2.45) is 0 Å². The van der Waals surface area contributed by atoms with Crippen molar-refractivity contribution in [3.8, 4) is 17.5 Å². The summed E-state index contributed by atoms with van der Waals surface area (Å²) >= 11 is 1.17. The third kappa shape index (κ3) is 4.21. The molecule has 1 heterocycles. The minimum atomic E-state index is -0.784. The van der Waals surface area contributed by atoms with Gasteiger partial charge in [0.05, 0.1) is 35.5 Å². The van der Waals surface area contributed by atoms with Crippen LogP contribution in [0.5, 0.6) is 5.75 Å². The average molecular weight is 449 g/mol. The van der Waals surface area contributed by atoms with Crippen molar-refractivity contribution in [3.63, 3.8) is 0 Å². The second-order valence-electron chi connectivity index (χ2n) is 7.97. The number of thioether (sulfide) groups is 1. The summed E-state index contributed by atoms with van der Waals surface area (Å²) in [5.41, 5.74) is 1.09. The Bertz CT molecular complexity index is 1270. The Morgan fingerprint density at radius 3 is 2.75 bits per heavy atom. The van der Waals surface area contributed by atoms with Gasteiger partial charge in [-0.3, -0.25) is 14.2 Å². The van der Waals surface area contributed by atoms with Gasteiger partial charge in [-0.15, -0.1) is 0 Å². The van der Waals surface area contributed by atoms with Crippen LogP contribution >= 0.6 is 11.8 Å². The van der Waals surface area contributed by atoms with E-state index in [4.69, 9.17) is 4.74 Å². The molecule has 0 aliphatic heterocycles. The lowest BCUT2D eigenvalue weighted by molar-refractivity contribution is -0.119. The van der Waals surface area contributed by atoms with Crippen LogP contribution in [-0.4, -0.2) is 33.9 Å². The molecule has 0 saturated heterocycles. The number of methoxy groups -OCH3 is 1. The smallest absolute Gasteiger partial charge is 0.266 e. The zero-order chi connectivity index (χ0) is 22.7. The number of nitrogens with one attached hydrogen (secondary N) is 1. The predicted octanol–water partition coefficient (Wildman–Crippen LogP) is 3.75. The number of hydrogen-bond donors (Lipinski definition) is 1. The standard InChI is InChI=1S/C24H24N4O3S/c1-16-9-10-20(31-2)19(13-16)28-22(30)17-7-3-4-8-18(17)26-23(28)32-14-21(29)27-24(15-25)11-5-6-12-24/h3-4,7-10,13H,5-6,11-12,14H2,1-2H3,(H,27,29). The molecule has 0 radical (unpaired) electrons. The average Bonchev–Trinajstić information content (AvgIpc) is 3.26. The molecule has 0 atom stereocenters. The van der Waals surface area contributed by atoms with Crippen LogP contribution in [0.4, 0.5) is 0 Å². The first-order chi connectivity index (χ1) is 15.5. The highest BCUT2D eigenvalue weighted by atomic mass is 32.2. The molecule has 32 heavy (non-hydrogen) atoms. The predicted molar refractivity (Wildman–Crippen MR) is 124 cm³/mol. The number of hydrogen-bond acceptors (Lipinski definition) is 6. The molecule has 2 aromatic carbocycles. The summed E-state index contributed by atoms with van der Waals surface area (Å²) in [5, 5.41) is 13.3. The fourth-order valence-electron chi connectivity index (χ4n) is 4.07. The zero-order valence-corrected chi connectivity index (χ0v) is 18.9. The summed E-state index contributed by atoms with van der Waals surface area (Å²) in [6.07, 6.45) is 3.19. The maximum absolute atomic E-state index is 13.5. The summed E-state index contributed by atoms with van der Waals surface area (Å²) in [6.45, 7) is 1.94. The Morgan fingerprint density at radius 2 is 2.03 bits per heavy atom. The van der Waals surface area contributed by atoms with Gasteiger partial charge in [0.2, 0.25) is 5.91 Å². The molecule has 1 aromatic heterocycles. The number of rotatable bonds is 6. The van der Waals surface area contributed by atoms with Crippen molar-refractivity contribution in [1.82, 2.24) is 14.9 Å². The molecule has 4 rings (SSSR count). The minimum Gasteiger partial charge on any atom is -0.495 e. The molecular weight excluding hydrogens is 424 g/mol. The van der Waals surface area contributed by atoms with Gasteiger partial charge in [-0.05, 0) is 62.4 Å². The lowest BCUT2D eigenvalue weighted by atomic mass is 10.0. The van der Waals surface area contributed by atoms with Gasteiger partial charge in [-0.1, -0.05) is 30.0 Å². The van der Waals surface area contributed by atoms with Crippen LogP contribution < -0.4 is 15.6 Å². The Kier molecular flexibility index (Phi) is 6.19. The van der Waals surface area contributed by atoms with Crippen LogP contribution in [0.25, 0.3) is 16.6 Å². The van der Waals surface area contributed by atoms with Crippen molar-refractivity contribution in [3.05, 3.63) is 58.4 Å². The van der Waals surface area contributed by atoms with Gasteiger partial charge in [-0.25, -0.2) is 4.98 Å². The van der Waals surface area contributed by atoms with Gasteiger partial charge in [-0.2, -0.15) is 5.26 Å². The maximum atomic E-state index is 13.5. The van der Waals surface area contributed by atoms with Gasteiger partial charge < -0.3 is 10.1 Å². The number of para-hydroxylation sites is 1. The van der Waals surface area contributed by atoms with Crippen LogP contribution in [0.2, 0.25) is 0 Å². The topological polar surface area (TPSA) is 97.0 Å². The molecule has 1 aliphatic rings. The van der Waals surface area contributed by atoms with Crippen LogP contribution in [0, 0.1) is 18.3 Å². The molecule has 164 valence electrons. The highest BCUT2D eigenvalue weighted by Crippen LogP contribution is 2.30. The van der Waals surface area contributed by atoms with E-state index in [-0.39, 0.29) is 17.2 Å². The molecule has 0 unspecified atom stereocenters. The first-order valence-electron chi connectivity index (χ1n) is 10.5. The Hall–Kier alpha value is -3.31. The molecule has 1 fully saturated rings. The molecule has 1 aliphatic carbocycles. The first kappa shape index (κ1) is 21.9. The highest BCUT2D eigenvalue weighted by molar-refractivity contribution is 7.99. The summed E-state index contributed by atoms with van der Waals surface area (Å²) < 4.78 is 7.01. The van der Waals surface area contributed by atoms with E-state index in [1.807, 2.05) is 31.2 Å². The van der Waals surface area contributed by atoms with E-state index < -0.39 is 5.54 Å². The summed E-state index contributed by atoms with van der Waals surface area (Å²) in [5.74, 6) is 0.335. The summed E-state index contributed by atoms with van der Waals surface area (Å²) in [4.78, 5) is 30.8. The number of aryl methyl sites for hydroxylation is 1. The van der Waals surface area contributed by atoms with Gasteiger partial charge in [0.15, 0.2) is 5.16 Å². The molecule has 7 nitrogen and oxygen atoms in total. The van der Waals surface area contributed by atoms with Crippen LogP contribution in [0.1, 0.15) is 31.2 Å². The normalized spacial score (nSPS) is 14.8. The maximum Gasteiger partial charge on any atom is 0.266 e. The van der Waals surface area contributed by atoms with Crippen molar-refractivity contribution in [2.45, 2.75) is 43.3 Å². The number of fused-ring (bicyclic) bond motifs is 1. The summed E-state index contributed by atoms with van der Waals surface area (Å²) in [7, 11) is 1.55. The number of carbonyl (C=O) groups excluding carboxylic acids is 1. The molecule has 0 bridgehead atoms. The lowest BCUT2D eigenvalue weighted by Gasteiger charge is -2.22. The lowest BCUT2D eigenvalue weighted by Crippen LogP contribution is -2.45. The van der Waals surface area contributed by atoms with Gasteiger partial charge in [0.25, 0.3) is 5.56 Å².